The SMILES string of the molecule is [NH3+]CCNc1c(C(=O)[O-])cccc1[N+](=O)[O-]. The maximum Gasteiger partial charge on any atom is 0.293 e. The van der Waals surface area contributed by atoms with Crippen LogP contribution >= 0.6 is 0 Å². The summed E-state index contributed by atoms with van der Waals surface area (Å²) in [5, 5.41) is 24.1. The zero-order chi connectivity index (χ0) is 12.1. The largest absolute Gasteiger partial charge is 0.545 e. The Morgan fingerprint density at radius 2 is 2.19 bits per heavy atom. The molecule has 7 nitrogen and oxygen atoms in total. The fourth-order valence-electron chi connectivity index (χ4n) is 1.26. The maximum absolute atomic E-state index is 10.8. The molecule has 7 heteroatoms. The van der Waals surface area contributed by atoms with Crippen molar-refractivity contribution in [2.75, 3.05) is 18.4 Å². The van der Waals surface area contributed by atoms with Crippen LogP contribution in [-0.4, -0.2) is 24.0 Å². The summed E-state index contributed by atoms with van der Waals surface area (Å²) in [6, 6.07) is 3.80. The molecule has 86 valence electrons. The van der Waals surface area contributed by atoms with Gasteiger partial charge in [-0.25, -0.2) is 0 Å². The molecule has 0 radical (unpaired) electrons. The number of aromatic carboxylic acids is 1. The molecular weight excluding hydrogens is 214 g/mol. The van der Waals surface area contributed by atoms with Crippen molar-refractivity contribution in [1.82, 2.24) is 0 Å². The van der Waals surface area contributed by atoms with Gasteiger partial charge in [0.1, 0.15) is 5.69 Å². The lowest BCUT2D eigenvalue weighted by Gasteiger charge is -2.11. The van der Waals surface area contributed by atoms with Gasteiger partial charge in [-0.05, 0) is 0 Å². The highest BCUT2D eigenvalue weighted by Crippen LogP contribution is 2.27. The normalized spacial score (nSPS) is 9.81. The quantitative estimate of drug-likeness (QED) is 0.471. The van der Waals surface area contributed by atoms with E-state index in [0.29, 0.717) is 13.1 Å². The highest BCUT2D eigenvalue weighted by Gasteiger charge is 2.17. The smallest absolute Gasteiger partial charge is 0.293 e. The molecule has 0 atom stereocenters. The molecule has 0 unspecified atom stereocenters. The molecule has 0 spiro atoms. The van der Waals surface area contributed by atoms with Gasteiger partial charge in [-0.1, -0.05) is 12.1 Å². The van der Waals surface area contributed by atoms with Crippen LogP contribution in [0.15, 0.2) is 18.2 Å². The van der Waals surface area contributed by atoms with E-state index < -0.39 is 10.9 Å². The number of para-hydroxylation sites is 1. The van der Waals surface area contributed by atoms with Crippen molar-refractivity contribution in [3.05, 3.63) is 33.9 Å². The average molecular weight is 225 g/mol. The Hall–Kier alpha value is -2.15. The summed E-state index contributed by atoms with van der Waals surface area (Å²) in [6.45, 7) is 0.837. The summed E-state index contributed by atoms with van der Waals surface area (Å²) in [7, 11) is 0. The molecule has 0 amide bonds. The van der Waals surface area contributed by atoms with Crippen LogP contribution in [0.3, 0.4) is 0 Å². The van der Waals surface area contributed by atoms with Gasteiger partial charge in [-0.2, -0.15) is 0 Å². The third kappa shape index (κ3) is 2.45. The minimum absolute atomic E-state index is 0.0313. The van der Waals surface area contributed by atoms with Gasteiger partial charge in [0.05, 0.1) is 24.0 Å². The minimum Gasteiger partial charge on any atom is -0.545 e. The summed E-state index contributed by atoms with van der Waals surface area (Å²) in [5.41, 5.74) is 3.02. The van der Waals surface area contributed by atoms with Gasteiger partial charge in [0.25, 0.3) is 5.69 Å². The number of nitro groups is 1. The van der Waals surface area contributed by atoms with E-state index in [0.717, 1.165) is 0 Å². The van der Waals surface area contributed by atoms with Crippen LogP contribution in [0, 0.1) is 10.1 Å². The van der Waals surface area contributed by atoms with Crippen LogP contribution in [0.4, 0.5) is 11.4 Å². The Labute approximate surface area is 91.0 Å². The average Bonchev–Trinajstić information content (AvgIpc) is 2.25. The lowest BCUT2D eigenvalue weighted by molar-refractivity contribution is -0.384. The van der Waals surface area contributed by atoms with Crippen LogP contribution in [0.25, 0.3) is 0 Å². The molecule has 0 saturated heterocycles. The van der Waals surface area contributed by atoms with Crippen LogP contribution in [0.5, 0.6) is 0 Å². The first kappa shape index (κ1) is 11.9. The van der Waals surface area contributed by atoms with Crippen molar-refractivity contribution in [1.29, 1.82) is 0 Å². The molecule has 1 aromatic carbocycles. The van der Waals surface area contributed by atoms with Crippen LogP contribution < -0.4 is 16.2 Å². The van der Waals surface area contributed by atoms with E-state index in [1.165, 1.54) is 18.2 Å². The third-order valence-electron chi connectivity index (χ3n) is 1.94. The summed E-state index contributed by atoms with van der Waals surface area (Å²) in [5.74, 6) is -1.45. The van der Waals surface area contributed by atoms with Crippen molar-refractivity contribution < 1.29 is 20.6 Å². The molecular formula is C9H11N3O4. The van der Waals surface area contributed by atoms with Crippen LogP contribution in [-0.2, 0) is 0 Å². The van der Waals surface area contributed by atoms with Crippen molar-refractivity contribution in [2.24, 2.45) is 0 Å². The van der Waals surface area contributed by atoms with Crippen LogP contribution in [0.1, 0.15) is 10.4 Å². The van der Waals surface area contributed by atoms with E-state index in [2.05, 4.69) is 11.1 Å². The number of carbonyl (C=O) groups is 1. The fraction of sp³-hybridized carbons (Fsp3) is 0.222. The lowest BCUT2D eigenvalue weighted by atomic mass is 10.1. The second kappa shape index (κ2) is 5.08. The summed E-state index contributed by atoms with van der Waals surface area (Å²) in [4.78, 5) is 20.8. The predicted octanol–water partition coefficient (Wildman–Crippen LogP) is -1.39. The number of nitrogens with zero attached hydrogens (tertiary/aromatic N) is 1. The first-order chi connectivity index (χ1) is 7.57. The molecule has 1 aromatic rings. The van der Waals surface area contributed by atoms with E-state index in [4.69, 9.17) is 0 Å². The number of anilines is 1. The van der Waals surface area contributed by atoms with Gasteiger partial charge in [-0.3, -0.25) is 10.1 Å². The van der Waals surface area contributed by atoms with Crippen LogP contribution in [0.2, 0.25) is 0 Å². The molecule has 16 heavy (non-hydrogen) atoms. The number of carboxylic acid groups (broad SMARTS) is 1. The number of carbonyl (C=O) groups excluding carboxylic acids is 1. The van der Waals surface area contributed by atoms with Crippen molar-refractivity contribution >= 4 is 17.3 Å². The Balaban J connectivity index is 3.23. The van der Waals surface area contributed by atoms with E-state index >= 15 is 0 Å². The molecule has 0 aliphatic rings. The van der Waals surface area contributed by atoms with Gasteiger partial charge < -0.3 is 21.0 Å². The number of nitro benzene ring substituents is 1. The highest BCUT2D eigenvalue weighted by atomic mass is 16.6. The Kier molecular flexibility index (Phi) is 3.78. The molecule has 0 bridgehead atoms. The minimum atomic E-state index is -1.45. The Morgan fingerprint density at radius 1 is 1.50 bits per heavy atom. The van der Waals surface area contributed by atoms with E-state index in [-0.39, 0.29) is 16.9 Å². The predicted molar refractivity (Wildman–Crippen MR) is 53.7 cm³/mol. The molecule has 0 aliphatic heterocycles. The number of benzene rings is 1. The number of rotatable bonds is 5. The summed E-state index contributed by atoms with van der Waals surface area (Å²) >= 11 is 0. The summed E-state index contributed by atoms with van der Waals surface area (Å²) < 4.78 is 0. The second-order valence-corrected chi connectivity index (χ2v) is 3.02. The standard InChI is InChI=1S/C9H11N3O4/c10-4-5-11-8-6(9(13)14)2-1-3-7(8)12(15)16/h1-3,11H,4-5,10H2,(H,13,14). The number of hydrogen-bond donors (Lipinski definition) is 2. The van der Waals surface area contributed by atoms with E-state index in [1.54, 1.807) is 0 Å². The topological polar surface area (TPSA) is 123 Å². The van der Waals surface area contributed by atoms with Gasteiger partial charge in [0, 0.05) is 11.6 Å². The molecule has 0 fully saturated rings. The van der Waals surface area contributed by atoms with Gasteiger partial charge >= 0.3 is 0 Å². The number of carboxylic acids is 1. The lowest BCUT2D eigenvalue weighted by Crippen LogP contribution is -2.53. The van der Waals surface area contributed by atoms with Gasteiger partial charge in [0.15, 0.2) is 0 Å². The zero-order valence-electron chi connectivity index (χ0n) is 8.43. The number of nitrogens with one attached hydrogen (secondary N) is 1. The molecule has 0 aromatic heterocycles. The number of quaternary nitrogens is 1. The van der Waals surface area contributed by atoms with E-state index in [1.807, 2.05) is 0 Å². The monoisotopic (exact) mass is 225 g/mol. The molecule has 0 heterocycles. The first-order valence-electron chi connectivity index (χ1n) is 4.59. The second-order valence-electron chi connectivity index (χ2n) is 3.02. The molecule has 1 rings (SSSR count). The van der Waals surface area contributed by atoms with Crippen molar-refractivity contribution in [3.63, 3.8) is 0 Å². The van der Waals surface area contributed by atoms with Crippen molar-refractivity contribution in [3.8, 4) is 0 Å². The van der Waals surface area contributed by atoms with Crippen molar-refractivity contribution in [2.45, 2.75) is 0 Å². The summed E-state index contributed by atoms with van der Waals surface area (Å²) in [6.07, 6.45) is 0. The Morgan fingerprint density at radius 3 is 2.69 bits per heavy atom. The Bertz CT molecular complexity index is 387. The highest BCUT2D eigenvalue weighted by molar-refractivity contribution is 5.95. The molecule has 0 saturated carbocycles. The first-order valence-corrected chi connectivity index (χ1v) is 4.59. The third-order valence-corrected chi connectivity index (χ3v) is 1.94. The van der Waals surface area contributed by atoms with Gasteiger partial charge in [-0.15, -0.1) is 0 Å². The molecule has 0 aliphatic carbocycles. The number of hydrogen-bond acceptors (Lipinski definition) is 5. The van der Waals surface area contributed by atoms with Gasteiger partial charge in [0.2, 0.25) is 0 Å². The maximum atomic E-state index is 10.8. The molecule has 4 N–H and O–H groups in total. The zero-order valence-corrected chi connectivity index (χ0v) is 8.43. The fourth-order valence-corrected chi connectivity index (χ4v) is 1.26. The van der Waals surface area contributed by atoms with E-state index in [9.17, 15) is 20.0 Å².